The SMILES string of the molecule is CCS(=O)(=O)N1CCO[C@H]2[C@@H](Oc3ncccc3F)CC[C@@H]21. The summed E-state index contributed by atoms with van der Waals surface area (Å²) in [5.41, 5.74) is 0. The van der Waals surface area contributed by atoms with Crippen LogP contribution in [0.2, 0.25) is 0 Å². The van der Waals surface area contributed by atoms with Crippen LogP contribution < -0.4 is 4.74 Å². The Hall–Kier alpha value is -1.25. The molecule has 8 heteroatoms. The van der Waals surface area contributed by atoms with Gasteiger partial charge in [-0.25, -0.2) is 17.8 Å². The van der Waals surface area contributed by atoms with Crippen molar-refractivity contribution < 1.29 is 22.3 Å². The van der Waals surface area contributed by atoms with Crippen molar-refractivity contribution in [1.29, 1.82) is 0 Å². The second kappa shape index (κ2) is 6.10. The smallest absolute Gasteiger partial charge is 0.250 e. The van der Waals surface area contributed by atoms with Crippen LogP contribution >= 0.6 is 0 Å². The Labute approximate surface area is 129 Å². The molecule has 0 radical (unpaired) electrons. The van der Waals surface area contributed by atoms with Crippen molar-refractivity contribution >= 4 is 10.0 Å². The third-order valence-corrected chi connectivity index (χ3v) is 6.09. The van der Waals surface area contributed by atoms with E-state index < -0.39 is 15.8 Å². The third-order valence-electron chi connectivity index (χ3n) is 4.19. The predicted molar refractivity (Wildman–Crippen MR) is 77.5 cm³/mol. The standard InChI is InChI=1S/C14H19FN2O4S/c1-2-22(18,19)17-8-9-20-13-11(17)5-6-12(13)21-14-10(15)4-3-7-16-14/h3-4,7,11-13H,2,5-6,8-9H2,1H3/t11-,12-,13+/m0/s1. The van der Waals surface area contributed by atoms with Crippen LogP contribution in [-0.2, 0) is 14.8 Å². The number of halogens is 1. The van der Waals surface area contributed by atoms with E-state index in [9.17, 15) is 12.8 Å². The second-order valence-electron chi connectivity index (χ2n) is 5.44. The van der Waals surface area contributed by atoms with Crippen molar-refractivity contribution in [3.05, 3.63) is 24.1 Å². The number of morpholine rings is 1. The molecular weight excluding hydrogens is 311 g/mol. The maximum atomic E-state index is 13.7. The number of ether oxygens (including phenoxy) is 2. The van der Waals surface area contributed by atoms with Gasteiger partial charge >= 0.3 is 0 Å². The molecule has 1 aliphatic carbocycles. The first-order valence-corrected chi connectivity index (χ1v) is 9.02. The van der Waals surface area contributed by atoms with Gasteiger partial charge in [-0.15, -0.1) is 0 Å². The number of aromatic nitrogens is 1. The zero-order valence-corrected chi connectivity index (χ0v) is 13.1. The second-order valence-corrected chi connectivity index (χ2v) is 7.65. The maximum absolute atomic E-state index is 13.7. The molecule has 2 heterocycles. The summed E-state index contributed by atoms with van der Waals surface area (Å²) < 4.78 is 50.9. The zero-order chi connectivity index (χ0) is 15.7. The fraction of sp³-hybridized carbons (Fsp3) is 0.643. The van der Waals surface area contributed by atoms with Crippen LogP contribution in [0.15, 0.2) is 18.3 Å². The molecular formula is C14H19FN2O4S. The maximum Gasteiger partial charge on any atom is 0.250 e. The molecule has 2 fully saturated rings. The summed E-state index contributed by atoms with van der Waals surface area (Å²) in [6.45, 7) is 2.32. The Morgan fingerprint density at radius 1 is 1.50 bits per heavy atom. The number of nitrogens with zero attached hydrogens (tertiary/aromatic N) is 2. The lowest BCUT2D eigenvalue weighted by molar-refractivity contribution is -0.0675. The number of hydrogen-bond acceptors (Lipinski definition) is 5. The Kier molecular flexibility index (Phi) is 4.33. The van der Waals surface area contributed by atoms with Crippen LogP contribution in [0.1, 0.15) is 19.8 Å². The molecule has 1 aliphatic heterocycles. The lowest BCUT2D eigenvalue weighted by atomic mass is 10.1. The third kappa shape index (κ3) is 2.82. The van der Waals surface area contributed by atoms with Gasteiger partial charge in [-0.2, -0.15) is 4.31 Å². The van der Waals surface area contributed by atoms with E-state index in [1.165, 1.54) is 22.6 Å². The number of fused-ring (bicyclic) bond motifs is 1. The normalized spacial score (nSPS) is 29.3. The molecule has 0 bridgehead atoms. The van der Waals surface area contributed by atoms with E-state index in [2.05, 4.69) is 4.98 Å². The summed E-state index contributed by atoms with van der Waals surface area (Å²) in [6, 6.07) is 2.53. The first kappa shape index (κ1) is 15.6. The van der Waals surface area contributed by atoms with Crippen LogP contribution in [0.5, 0.6) is 5.88 Å². The summed E-state index contributed by atoms with van der Waals surface area (Å²) in [5, 5.41) is 0. The molecule has 0 aromatic carbocycles. The number of rotatable bonds is 4. The van der Waals surface area contributed by atoms with Crippen LogP contribution in [0.4, 0.5) is 4.39 Å². The van der Waals surface area contributed by atoms with Crippen LogP contribution in [-0.4, -0.2) is 54.9 Å². The summed E-state index contributed by atoms with van der Waals surface area (Å²) in [5.74, 6) is -0.525. The quantitative estimate of drug-likeness (QED) is 0.829. The Morgan fingerprint density at radius 2 is 2.32 bits per heavy atom. The van der Waals surface area contributed by atoms with E-state index in [4.69, 9.17) is 9.47 Å². The minimum absolute atomic E-state index is 0.0628. The molecule has 3 atom stereocenters. The molecule has 6 nitrogen and oxygen atoms in total. The topological polar surface area (TPSA) is 68.7 Å². The highest BCUT2D eigenvalue weighted by atomic mass is 32.2. The summed E-state index contributed by atoms with van der Waals surface area (Å²) in [4.78, 5) is 3.88. The molecule has 1 saturated carbocycles. The van der Waals surface area contributed by atoms with Gasteiger partial charge in [0.05, 0.1) is 18.4 Å². The van der Waals surface area contributed by atoms with E-state index in [0.29, 0.717) is 26.0 Å². The summed E-state index contributed by atoms with van der Waals surface area (Å²) in [6.07, 6.45) is 1.95. The van der Waals surface area contributed by atoms with E-state index in [1.807, 2.05) is 0 Å². The lowest BCUT2D eigenvalue weighted by Gasteiger charge is -2.37. The molecule has 0 N–H and O–H groups in total. The average molecular weight is 330 g/mol. The molecule has 0 spiro atoms. The van der Waals surface area contributed by atoms with E-state index >= 15 is 0 Å². The monoisotopic (exact) mass is 330 g/mol. The Balaban J connectivity index is 1.77. The molecule has 1 aromatic heterocycles. The van der Waals surface area contributed by atoms with Gasteiger partial charge < -0.3 is 9.47 Å². The minimum Gasteiger partial charge on any atom is -0.469 e. The summed E-state index contributed by atoms with van der Waals surface area (Å²) >= 11 is 0. The fourth-order valence-electron chi connectivity index (χ4n) is 3.12. The first-order valence-electron chi connectivity index (χ1n) is 7.41. The van der Waals surface area contributed by atoms with Crippen molar-refractivity contribution in [3.63, 3.8) is 0 Å². The average Bonchev–Trinajstić information content (AvgIpc) is 2.92. The van der Waals surface area contributed by atoms with Crippen LogP contribution in [0, 0.1) is 5.82 Å². The van der Waals surface area contributed by atoms with Crippen molar-refractivity contribution in [2.24, 2.45) is 0 Å². The van der Waals surface area contributed by atoms with Gasteiger partial charge in [-0.05, 0) is 31.9 Å². The molecule has 1 aromatic rings. The molecule has 2 aliphatic rings. The van der Waals surface area contributed by atoms with Gasteiger partial charge in [0, 0.05) is 12.7 Å². The largest absolute Gasteiger partial charge is 0.469 e. The van der Waals surface area contributed by atoms with Crippen molar-refractivity contribution in [2.75, 3.05) is 18.9 Å². The highest BCUT2D eigenvalue weighted by Crippen LogP contribution is 2.34. The van der Waals surface area contributed by atoms with Crippen molar-refractivity contribution in [3.8, 4) is 5.88 Å². The van der Waals surface area contributed by atoms with Gasteiger partial charge in [0.25, 0.3) is 5.88 Å². The number of sulfonamides is 1. The van der Waals surface area contributed by atoms with Crippen LogP contribution in [0.25, 0.3) is 0 Å². The lowest BCUT2D eigenvalue weighted by Crippen LogP contribution is -2.54. The highest BCUT2D eigenvalue weighted by Gasteiger charge is 2.47. The van der Waals surface area contributed by atoms with Crippen LogP contribution in [0.3, 0.4) is 0 Å². The van der Waals surface area contributed by atoms with E-state index in [-0.39, 0.29) is 29.9 Å². The van der Waals surface area contributed by atoms with Gasteiger partial charge in [-0.1, -0.05) is 0 Å². The molecule has 3 rings (SSSR count). The van der Waals surface area contributed by atoms with Crippen molar-refractivity contribution in [2.45, 2.75) is 38.0 Å². The molecule has 22 heavy (non-hydrogen) atoms. The molecule has 0 unspecified atom stereocenters. The molecule has 122 valence electrons. The van der Waals surface area contributed by atoms with E-state index in [1.54, 1.807) is 6.92 Å². The molecule has 1 saturated heterocycles. The van der Waals surface area contributed by atoms with E-state index in [0.717, 1.165) is 0 Å². The van der Waals surface area contributed by atoms with Gasteiger partial charge in [0.1, 0.15) is 12.2 Å². The molecule has 0 amide bonds. The Morgan fingerprint density at radius 3 is 3.05 bits per heavy atom. The van der Waals surface area contributed by atoms with Gasteiger partial charge in [-0.3, -0.25) is 0 Å². The highest BCUT2D eigenvalue weighted by molar-refractivity contribution is 7.89. The predicted octanol–water partition coefficient (Wildman–Crippen LogP) is 1.18. The van der Waals surface area contributed by atoms with Crippen molar-refractivity contribution in [1.82, 2.24) is 9.29 Å². The number of pyridine rings is 1. The summed E-state index contributed by atoms with van der Waals surface area (Å²) in [7, 11) is -3.27. The number of hydrogen-bond donors (Lipinski definition) is 0. The first-order chi connectivity index (χ1) is 10.5. The van der Waals surface area contributed by atoms with Gasteiger partial charge in [0.15, 0.2) is 5.82 Å². The fourth-order valence-corrected chi connectivity index (χ4v) is 4.44. The Bertz CT molecular complexity index is 639. The van der Waals surface area contributed by atoms with Gasteiger partial charge in [0.2, 0.25) is 10.0 Å². The minimum atomic E-state index is -3.27. The zero-order valence-electron chi connectivity index (χ0n) is 12.3.